The normalized spacial score (nSPS) is 13.8. The largest absolute Gasteiger partial charge is 0.495 e. The number of aromatic nitrogens is 2. The molecule has 0 spiro atoms. The van der Waals surface area contributed by atoms with Crippen molar-refractivity contribution in [2.45, 2.75) is 40.7 Å². The van der Waals surface area contributed by atoms with Crippen molar-refractivity contribution >= 4 is 29.2 Å². The van der Waals surface area contributed by atoms with E-state index in [2.05, 4.69) is 38.9 Å². The van der Waals surface area contributed by atoms with Crippen molar-refractivity contribution in [2.24, 2.45) is 0 Å². The van der Waals surface area contributed by atoms with E-state index >= 15 is 4.39 Å². The molecular formula is C36H43FN6O4. The number of nitrogens with one attached hydrogen (secondary N) is 1. The maximum Gasteiger partial charge on any atom is 0.425 e. The molecule has 0 atom stereocenters. The predicted octanol–water partition coefficient (Wildman–Crippen LogP) is 7.04. The molecule has 1 aromatic heterocycles. The minimum atomic E-state index is -0.677. The molecule has 1 amide bonds. The number of piperazine rings is 1. The van der Waals surface area contributed by atoms with Gasteiger partial charge in [-0.25, -0.2) is 19.1 Å². The summed E-state index contributed by atoms with van der Waals surface area (Å²) < 4.78 is 32.4. The average molecular weight is 643 g/mol. The van der Waals surface area contributed by atoms with Crippen LogP contribution in [0.2, 0.25) is 0 Å². The maximum absolute atomic E-state index is 15.1. The molecule has 248 valence electrons. The fourth-order valence-corrected chi connectivity index (χ4v) is 5.52. The Bertz CT molecular complexity index is 1670. The van der Waals surface area contributed by atoms with Gasteiger partial charge in [0.2, 0.25) is 5.95 Å². The number of rotatable bonds is 11. The molecule has 1 fully saturated rings. The molecule has 0 unspecified atom stereocenters. The topological polar surface area (TPSA) is 92.3 Å². The molecule has 3 aromatic carbocycles. The Kier molecular flexibility index (Phi) is 10.9. The van der Waals surface area contributed by atoms with Gasteiger partial charge in [0, 0.05) is 62.8 Å². The van der Waals surface area contributed by atoms with E-state index in [1.54, 1.807) is 24.3 Å². The molecule has 4 aromatic rings. The van der Waals surface area contributed by atoms with Crippen LogP contribution in [0.5, 0.6) is 17.2 Å². The molecule has 0 bridgehead atoms. The highest BCUT2D eigenvalue weighted by atomic mass is 19.1. The van der Waals surface area contributed by atoms with Crippen LogP contribution in [-0.4, -0.2) is 78.3 Å². The summed E-state index contributed by atoms with van der Waals surface area (Å²) in [4.78, 5) is 28.9. The minimum absolute atomic E-state index is 0.159. The summed E-state index contributed by atoms with van der Waals surface area (Å²) in [5, 5.41) is 3.04. The third-order valence-electron chi connectivity index (χ3n) is 8.22. The Hall–Kier alpha value is -4.74. The number of para-hydroxylation sites is 1. The van der Waals surface area contributed by atoms with Crippen molar-refractivity contribution in [2.75, 3.05) is 56.7 Å². The summed E-state index contributed by atoms with van der Waals surface area (Å²) in [6.45, 7) is 15.3. The zero-order valence-electron chi connectivity index (χ0n) is 27.9. The van der Waals surface area contributed by atoms with E-state index in [-0.39, 0.29) is 17.5 Å². The summed E-state index contributed by atoms with van der Waals surface area (Å²) in [5.41, 5.74) is 3.46. The van der Waals surface area contributed by atoms with Gasteiger partial charge in [-0.3, -0.25) is 9.80 Å². The lowest BCUT2D eigenvalue weighted by Gasteiger charge is -2.36. The number of hydrogen-bond donors (Lipinski definition) is 1. The molecule has 47 heavy (non-hydrogen) atoms. The van der Waals surface area contributed by atoms with Gasteiger partial charge in [0.15, 0.2) is 11.6 Å². The molecule has 2 heterocycles. The van der Waals surface area contributed by atoms with Crippen molar-refractivity contribution in [1.29, 1.82) is 0 Å². The van der Waals surface area contributed by atoms with E-state index in [1.165, 1.54) is 24.3 Å². The monoisotopic (exact) mass is 642 g/mol. The number of ether oxygens (including phenoxy) is 3. The first-order valence-corrected chi connectivity index (χ1v) is 15.8. The lowest BCUT2D eigenvalue weighted by Crippen LogP contribution is -2.49. The van der Waals surface area contributed by atoms with Crippen LogP contribution in [-0.2, 0) is 0 Å². The van der Waals surface area contributed by atoms with Gasteiger partial charge in [0.05, 0.1) is 12.8 Å². The van der Waals surface area contributed by atoms with E-state index < -0.39 is 11.9 Å². The van der Waals surface area contributed by atoms with Gasteiger partial charge in [-0.15, -0.1) is 0 Å². The first-order chi connectivity index (χ1) is 22.6. The molecule has 11 heteroatoms. The second-order valence-electron chi connectivity index (χ2n) is 11.9. The Labute approximate surface area is 276 Å². The van der Waals surface area contributed by atoms with Crippen molar-refractivity contribution in [3.8, 4) is 17.2 Å². The highest BCUT2D eigenvalue weighted by molar-refractivity contribution is 5.98. The number of aryl methyl sites for hydroxylation is 3. The number of amides is 1. The van der Waals surface area contributed by atoms with Crippen molar-refractivity contribution in [3.05, 3.63) is 89.4 Å². The number of hydrogen-bond acceptors (Lipinski definition) is 9. The lowest BCUT2D eigenvalue weighted by molar-refractivity contribution is 0.0965. The highest BCUT2D eigenvalue weighted by Gasteiger charge is 2.27. The number of halogens is 1. The predicted molar refractivity (Wildman–Crippen MR) is 182 cm³/mol. The summed E-state index contributed by atoms with van der Waals surface area (Å²) in [6, 6.07) is 17.9. The smallest absolute Gasteiger partial charge is 0.425 e. The molecule has 5 rings (SSSR count). The van der Waals surface area contributed by atoms with Gasteiger partial charge in [-0.2, -0.15) is 4.98 Å². The van der Waals surface area contributed by atoms with Crippen LogP contribution in [0.15, 0.2) is 66.9 Å². The van der Waals surface area contributed by atoms with Crippen molar-refractivity contribution in [1.82, 2.24) is 19.8 Å². The quantitative estimate of drug-likeness (QED) is 0.185. The van der Waals surface area contributed by atoms with E-state index in [0.717, 1.165) is 49.4 Å². The molecule has 1 N–H and O–H groups in total. The molecule has 0 saturated carbocycles. The Morgan fingerprint density at radius 2 is 1.72 bits per heavy atom. The maximum atomic E-state index is 15.1. The van der Waals surface area contributed by atoms with Gasteiger partial charge < -0.3 is 19.5 Å². The van der Waals surface area contributed by atoms with Gasteiger partial charge in [0.25, 0.3) is 0 Å². The third-order valence-corrected chi connectivity index (χ3v) is 8.22. The fourth-order valence-electron chi connectivity index (χ4n) is 5.52. The third kappa shape index (κ3) is 8.35. The molecule has 10 nitrogen and oxygen atoms in total. The number of methoxy groups -OCH3 is 1. The highest BCUT2D eigenvalue weighted by Crippen LogP contribution is 2.36. The number of carbonyl (C=O) groups excluding carboxylic acids is 1. The molecule has 0 aliphatic carbocycles. The van der Waals surface area contributed by atoms with E-state index in [9.17, 15) is 4.79 Å². The van der Waals surface area contributed by atoms with Crippen LogP contribution in [0, 0.1) is 26.6 Å². The number of carbonyl (C=O) groups is 1. The second-order valence-corrected chi connectivity index (χ2v) is 11.9. The van der Waals surface area contributed by atoms with Crippen molar-refractivity contribution in [3.63, 3.8) is 0 Å². The van der Waals surface area contributed by atoms with E-state index in [1.807, 2.05) is 51.1 Å². The molecule has 1 aliphatic rings. The van der Waals surface area contributed by atoms with Gasteiger partial charge in [0.1, 0.15) is 23.9 Å². The zero-order chi connectivity index (χ0) is 33.5. The van der Waals surface area contributed by atoms with Crippen molar-refractivity contribution < 1.29 is 23.4 Å². The minimum Gasteiger partial charge on any atom is -0.495 e. The van der Waals surface area contributed by atoms with Crippen LogP contribution < -0.4 is 24.4 Å². The molecule has 1 aliphatic heterocycles. The molecular weight excluding hydrogens is 599 g/mol. The van der Waals surface area contributed by atoms with Crippen LogP contribution in [0.3, 0.4) is 0 Å². The fraction of sp³-hybridized carbons (Fsp3) is 0.361. The van der Waals surface area contributed by atoms with Gasteiger partial charge in [-0.1, -0.05) is 24.3 Å². The summed E-state index contributed by atoms with van der Waals surface area (Å²) in [6.07, 6.45) is 0.836. The number of anilines is 4. The standard InChI is InChI=1S/C36H43FN6O4/c1-24(2)42-18-16-41(17-19-42)20-21-46-31-13-11-28(23-29(31)37)39-35-38-15-14-33(40-35)43(30-12-10-25(3)22-32(30)45-6)36(44)47-34-26(4)8-7-9-27(34)5/h7-15,22-24H,16-21H2,1-6H3,(H,38,39,40). The summed E-state index contributed by atoms with van der Waals surface area (Å²) in [7, 11) is 1.54. The SMILES string of the molecule is COc1cc(C)ccc1N(C(=O)Oc1c(C)cccc1C)c1ccnc(Nc2ccc(OCCN3CCN(C(C)C)CC3)c(F)c2)n1. The summed E-state index contributed by atoms with van der Waals surface area (Å²) >= 11 is 0. The Balaban J connectivity index is 1.31. The first-order valence-electron chi connectivity index (χ1n) is 15.8. The van der Waals surface area contributed by atoms with Crippen LogP contribution in [0.4, 0.5) is 32.3 Å². The summed E-state index contributed by atoms with van der Waals surface area (Å²) in [5.74, 6) is 0.999. The van der Waals surface area contributed by atoms with E-state index in [4.69, 9.17) is 14.2 Å². The van der Waals surface area contributed by atoms with Crippen LogP contribution >= 0.6 is 0 Å². The van der Waals surface area contributed by atoms with Crippen LogP contribution in [0.1, 0.15) is 30.5 Å². The Morgan fingerprint density at radius 1 is 0.979 bits per heavy atom. The number of nitrogens with zero attached hydrogens (tertiary/aromatic N) is 5. The lowest BCUT2D eigenvalue weighted by atomic mass is 10.1. The molecule has 1 saturated heterocycles. The second kappa shape index (κ2) is 15.2. The van der Waals surface area contributed by atoms with Crippen LogP contribution in [0.25, 0.3) is 0 Å². The number of benzene rings is 3. The first kappa shape index (κ1) is 33.6. The average Bonchev–Trinajstić information content (AvgIpc) is 3.05. The van der Waals surface area contributed by atoms with E-state index in [0.29, 0.717) is 35.5 Å². The van der Waals surface area contributed by atoms with Gasteiger partial charge in [-0.05, 0) is 75.6 Å². The Morgan fingerprint density at radius 3 is 2.40 bits per heavy atom. The molecule has 0 radical (unpaired) electrons. The van der Waals surface area contributed by atoms with Gasteiger partial charge >= 0.3 is 6.09 Å². The zero-order valence-corrected chi connectivity index (χ0v) is 27.9.